The van der Waals surface area contributed by atoms with E-state index in [4.69, 9.17) is 4.42 Å². The SMILES string of the molecule is CNCC(O)C(O)c1ccc2oc(C)nc2c1. The number of aromatic nitrogens is 1. The maximum Gasteiger partial charge on any atom is 0.192 e. The number of aryl methyl sites for hydroxylation is 1. The summed E-state index contributed by atoms with van der Waals surface area (Å²) in [7, 11) is 1.72. The first-order chi connectivity index (χ1) is 8.11. The Morgan fingerprint density at radius 3 is 2.88 bits per heavy atom. The van der Waals surface area contributed by atoms with Crippen molar-refractivity contribution in [1.29, 1.82) is 0 Å². The molecule has 5 heteroatoms. The first-order valence-electron chi connectivity index (χ1n) is 5.49. The van der Waals surface area contributed by atoms with Gasteiger partial charge >= 0.3 is 0 Å². The number of likely N-dealkylation sites (N-methyl/N-ethyl adjacent to an activating group) is 1. The van der Waals surface area contributed by atoms with Crippen LogP contribution < -0.4 is 5.32 Å². The van der Waals surface area contributed by atoms with Crippen LogP contribution in [0, 0.1) is 6.92 Å². The summed E-state index contributed by atoms with van der Waals surface area (Å²) in [6.07, 6.45) is -1.77. The lowest BCUT2D eigenvalue weighted by molar-refractivity contribution is 0.0203. The third-order valence-corrected chi connectivity index (χ3v) is 2.64. The molecular weight excluding hydrogens is 220 g/mol. The predicted octanol–water partition coefficient (Wildman–Crippen LogP) is 0.750. The first kappa shape index (κ1) is 12.0. The molecule has 5 nitrogen and oxygen atoms in total. The highest BCUT2D eigenvalue weighted by molar-refractivity contribution is 5.73. The minimum absolute atomic E-state index is 0.330. The molecule has 0 spiro atoms. The van der Waals surface area contributed by atoms with E-state index in [1.165, 1.54) is 0 Å². The van der Waals surface area contributed by atoms with Crippen LogP contribution in [0.5, 0.6) is 0 Å². The van der Waals surface area contributed by atoms with Gasteiger partial charge < -0.3 is 19.9 Å². The Kier molecular flexibility index (Phi) is 3.42. The molecule has 0 saturated carbocycles. The predicted molar refractivity (Wildman–Crippen MR) is 63.6 cm³/mol. The van der Waals surface area contributed by atoms with E-state index in [1.807, 2.05) is 0 Å². The van der Waals surface area contributed by atoms with Crippen LogP contribution in [0.25, 0.3) is 11.1 Å². The van der Waals surface area contributed by atoms with Crippen molar-refractivity contribution in [3.05, 3.63) is 29.7 Å². The Balaban J connectivity index is 2.28. The van der Waals surface area contributed by atoms with Gasteiger partial charge in [0.25, 0.3) is 0 Å². The van der Waals surface area contributed by atoms with Crippen LogP contribution in [-0.4, -0.2) is 34.9 Å². The van der Waals surface area contributed by atoms with Gasteiger partial charge in [0.1, 0.15) is 11.6 Å². The van der Waals surface area contributed by atoms with Gasteiger partial charge in [0.2, 0.25) is 0 Å². The molecule has 0 bridgehead atoms. The number of hydrogen-bond acceptors (Lipinski definition) is 5. The average molecular weight is 236 g/mol. The number of oxazole rings is 1. The van der Waals surface area contributed by atoms with Gasteiger partial charge in [0.05, 0.1) is 6.10 Å². The molecule has 2 unspecified atom stereocenters. The van der Waals surface area contributed by atoms with Crippen molar-refractivity contribution in [2.24, 2.45) is 0 Å². The molecule has 1 aromatic carbocycles. The van der Waals surface area contributed by atoms with Gasteiger partial charge in [-0.25, -0.2) is 4.98 Å². The van der Waals surface area contributed by atoms with Crippen molar-refractivity contribution in [3.8, 4) is 0 Å². The van der Waals surface area contributed by atoms with Crippen molar-refractivity contribution in [3.63, 3.8) is 0 Å². The normalized spacial score (nSPS) is 15.1. The van der Waals surface area contributed by atoms with Crippen LogP contribution in [0.3, 0.4) is 0 Å². The number of nitrogens with one attached hydrogen (secondary N) is 1. The largest absolute Gasteiger partial charge is 0.441 e. The van der Waals surface area contributed by atoms with Crippen LogP contribution in [0.4, 0.5) is 0 Å². The first-order valence-corrected chi connectivity index (χ1v) is 5.49. The van der Waals surface area contributed by atoms with Crippen molar-refractivity contribution in [1.82, 2.24) is 10.3 Å². The van der Waals surface area contributed by atoms with Crippen LogP contribution in [-0.2, 0) is 0 Å². The quantitative estimate of drug-likeness (QED) is 0.730. The second-order valence-electron chi connectivity index (χ2n) is 4.03. The van der Waals surface area contributed by atoms with Crippen molar-refractivity contribution >= 4 is 11.1 Å². The molecule has 2 aromatic rings. The summed E-state index contributed by atoms with van der Waals surface area (Å²) in [5, 5.41) is 22.4. The number of nitrogens with zero attached hydrogens (tertiary/aromatic N) is 1. The molecule has 0 amide bonds. The van der Waals surface area contributed by atoms with E-state index in [2.05, 4.69) is 10.3 Å². The molecule has 0 saturated heterocycles. The Morgan fingerprint density at radius 2 is 2.18 bits per heavy atom. The minimum atomic E-state index is -0.927. The van der Waals surface area contributed by atoms with E-state index in [-0.39, 0.29) is 0 Å². The lowest BCUT2D eigenvalue weighted by atomic mass is 10.0. The average Bonchev–Trinajstić information content (AvgIpc) is 2.67. The molecule has 1 aromatic heterocycles. The summed E-state index contributed by atoms with van der Waals surface area (Å²) >= 11 is 0. The fourth-order valence-corrected chi connectivity index (χ4v) is 1.79. The Labute approximate surface area is 99.1 Å². The third kappa shape index (κ3) is 2.46. The summed E-state index contributed by atoms with van der Waals surface area (Å²) in [6, 6.07) is 5.21. The number of fused-ring (bicyclic) bond motifs is 1. The summed E-state index contributed by atoms with van der Waals surface area (Å²) in [6.45, 7) is 2.10. The second kappa shape index (κ2) is 4.83. The summed E-state index contributed by atoms with van der Waals surface area (Å²) in [5.74, 6) is 0.586. The lowest BCUT2D eigenvalue weighted by Gasteiger charge is -2.17. The molecule has 0 aliphatic carbocycles. The molecule has 0 radical (unpaired) electrons. The zero-order valence-corrected chi connectivity index (χ0v) is 9.84. The highest BCUT2D eigenvalue weighted by Gasteiger charge is 2.18. The van der Waals surface area contributed by atoms with E-state index >= 15 is 0 Å². The Hall–Kier alpha value is -1.43. The molecule has 2 rings (SSSR count). The topological polar surface area (TPSA) is 78.5 Å². The second-order valence-corrected chi connectivity index (χ2v) is 4.03. The molecule has 0 aliphatic heterocycles. The highest BCUT2D eigenvalue weighted by atomic mass is 16.3. The molecule has 92 valence electrons. The fourth-order valence-electron chi connectivity index (χ4n) is 1.79. The molecular formula is C12H16N2O3. The van der Waals surface area contributed by atoms with Crippen LogP contribution in [0.15, 0.2) is 22.6 Å². The van der Waals surface area contributed by atoms with Crippen LogP contribution >= 0.6 is 0 Å². The summed E-state index contributed by atoms with van der Waals surface area (Å²) in [4.78, 5) is 4.19. The van der Waals surface area contributed by atoms with E-state index in [9.17, 15) is 10.2 Å². The van der Waals surface area contributed by atoms with Crippen LogP contribution in [0.1, 0.15) is 17.6 Å². The summed E-state index contributed by atoms with van der Waals surface area (Å²) in [5.41, 5.74) is 2.01. The Bertz CT molecular complexity index is 509. The van der Waals surface area contributed by atoms with Gasteiger partial charge in [0, 0.05) is 13.5 Å². The van der Waals surface area contributed by atoms with Crippen molar-refractivity contribution in [2.45, 2.75) is 19.1 Å². The zero-order valence-electron chi connectivity index (χ0n) is 9.84. The molecule has 0 fully saturated rings. The maximum absolute atomic E-state index is 9.94. The fraction of sp³-hybridized carbons (Fsp3) is 0.417. The standard InChI is InChI=1S/C12H16N2O3/c1-7-14-9-5-8(3-4-11(9)17-7)12(16)10(15)6-13-2/h3-5,10,12-13,15-16H,6H2,1-2H3. The summed E-state index contributed by atoms with van der Waals surface area (Å²) < 4.78 is 5.34. The monoisotopic (exact) mass is 236 g/mol. The molecule has 1 heterocycles. The van der Waals surface area contributed by atoms with Gasteiger partial charge in [0.15, 0.2) is 11.5 Å². The zero-order chi connectivity index (χ0) is 12.4. The molecule has 2 atom stereocenters. The lowest BCUT2D eigenvalue weighted by Crippen LogP contribution is -2.29. The van der Waals surface area contributed by atoms with Gasteiger partial charge in [-0.3, -0.25) is 0 Å². The van der Waals surface area contributed by atoms with Gasteiger partial charge in [-0.15, -0.1) is 0 Å². The third-order valence-electron chi connectivity index (χ3n) is 2.64. The van der Waals surface area contributed by atoms with E-state index < -0.39 is 12.2 Å². The number of aliphatic hydroxyl groups excluding tert-OH is 2. The number of aliphatic hydroxyl groups is 2. The number of rotatable bonds is 4. The smallest absolute Gasteiger partial charge is 0.192 e. The van der Waals surface area contributed by atoms with Crippen molar-refractivity contribution in [2.75, 3.05) is 13.6 Å². The Morgan fingerprint density at radius 1 is 1.41 bits per heavy atom. The van der Waals surface area contributed by atoms with E-state index in [1.54, 1.807) is 32.2 Å². The van der Waals surface area contributed by atoms with Gasteiger partial charge in [-0.05, 0) is 24.7 Å². The minimum Gasteiger partial charge on any atom is -0.441 e. The van der Waals surface area contributed by atoms with E-state index in [0.717, 1.165) is 0 Å². The highest BCUT2D eigenvalue weighted by Crippen LogP contribution is 2.22. The molecule has 17 heavy (non-hydrogen) atoms. The van der Waals surface area contributed by atoms with Gasteiger partial charge in [-0.1, -0.05) is 6.07 Å². The number of hydrogen-bond donors (Lipinski definition) is 3. The number of benzene rings is 1. The molecule has 3 N–H and O–H groups in total. The maximum atomic E-state index is 9.94. The van der Waals surface area contributed by atoms with Crippen molar-refractivity contribution < 1.29 is 14.6 Å². The van der Waals surface area contributed by atoms with Crippen LogP contribution in [0.2, 0.25) is 0 Å². The molecule has 0 aliphatic rings. The van der Waals surface area contributed by atoms with E-state index in [0.29, 0.717) is 29.1 Å². The van der Waals surface area contributed by atoms with Gasteiger partial charge in [-0.2, -0.15) is 0 Å².